The minimum Gasteiger partial charge on any atom is -0.480 e. The predicted molar refractivity (Wildman–Crippen MR) is 56.0 cm³/mol. The highest BCUT2D eigenvalue weighted by Crippen LogP contribution is 2.21. The van der Waals surface area contributed by atoms with E-state index in [0.29, 0.717) is 19.0 Å². The molecule has 1 rings (SSSR count). The third-order valence-electron chi connectivity index (χ3n) is 2.85. The molecule has 0 atom stereocenters. The molecule has 88 valence electrons. The maximum Gasteiger partial charge on any atom is 0.320 e. The number of carbonyl (C=O) groups is 1. The normalized spacial score (nSPS) is 20.3. The Balaban J connectivity index is 2.56. The van der Waals surface area contributed by atoms with Gasteiger partial charge in [0.2, 0.25) is 10.0 Å². The van der Waals surface area contributed by atoms with Crippen LogP contribution in [0.3, 0.4) is 0 Å². The summed E-state index contributed by atoms with van der Waals surface area (Å²) in [5, 5.41) is 8.47. The van der Waals surface area contributed by atoms with E-state index < -0.39 is 21.7 Å². The molecule has 1 aliphatic heterocycles. The third-order valence-corrected chi connectivity index (χ3v) is 4.61. The first-order valence-electron chi connectivity index (χ1n) is 5.15. The van der Waals surface area contributed by atoms with Gasteiger partial charge in [0.05, 0.1) is 0 Å². The maximum atomic E-state index is 11.5. The molecule has 1 N–H and O–H groups in total. The molecule has 0 aliphatic carbocycles. The zero-order valence-corrected chi connectivity index (χ0v) is 9.66. The van der Waals surface area contributed by atoms with Gasteiger partial charge in [-0.1, -0.05) is 13.3 Å². The molecular formula is C9H17NO4S. The minimum atomic E-state index is -3.58. The van der Waals surface area contributed by atoms with Crippen LogP contribution in [0.1, 0.15) is 26.2 Å². The van der Waals surface area contributed by atoms with Crippen molar-refractivity contribution in [2.45, 2.75) is 26.2 Å². The minimum absolute atomic E-state index is 0.466. The standard InChI is InChI=1S/C9H17NO4S/c1-2-8-3-5-10(6-4-8)15(13,14)7-9(11)12/h8H,2-7H2,1H3,(H,11,12). The van der Waals surface area contributed by atoms with Gasteiger partial charge in [0.25, 0.3) is 0 Å². The van der Waals surface area contributed by atoms with E-state index >= 15 is 0 Å². The highest BCUT2D eigenvalue weighted by Gasteiger charge is 2.28. The number of rotatable bonds is 4. The van der Waals surface area contributed by atoms with E-state index in [0.717, 1.165) is 19.3 Å². The van der Waals surface area contributed by atoms with E-state index in [1.165, 1.54) is 4.31 Å². The molecule has 1 aliphatic rings. The van der Waals surface area contributed by atoms with Gasteiger partial charge in [-0.15, -0.1) is 0 Å². The summed E-state index contributed by atoms with van der Waals surface area (Å²) in [4.78, 5) is 10.4. The molecule has 0 radical (unpaired) electrons. The molecule has 0 aromatic carbocycles. The molecular weight excluding hydrogens is 218 g/mol. The Bertz CT molecular complexity index is 317. The van der Waals surface area contributed by atoms with Crippen LogP contribution in [-0.2, 0) is 14.8 Å². The van der Waals surface area contributed by atoms with Gasteiger partial charge in [-0.2, -0.15) is 0 Å². The number of carboxylic acids is 1. The van der Waals surface area contributed by atoms with Gasteiger partial charge in [-0.05, 0) is 18.8 Å². The van der Waals surface area contributed by atoms with Crippen molar-refractivity contribution in [1.29, 1.82) is 0 Å². The molecule has 15 heavy (non-hydrogen) atoms. The van der Waals surface area contributed by atoms with Gasteiger partial charge in [-0.3, -0.25) is 4.79 Å². The van der Waals surface area contributed by atoms with E-state index in [-0.39, 0.29) is 0 Å². The van der Waals surface area contributed by atoms with Crippen LogP contribution in [-0.4, -0.2) is 42.6 Å². The van der Waals surface area contributed by atoms with Crippen molar-refractivity contribution >= 4 is 16.0 Å². The molecule has 0 unspecified atom stereocenters. The van der Waals surface area contributed by atoms with E-state index in [4.69, 9.17) is 5.11 Å². The van der Waals surface area contributed by atoms with Gasteiger partial charge < -0.3 is 5.11 Å². The molecule has 1 saturated heterocycles. The first-order chi connectivity index (χ1) is 6.95. The average Bonchev–Trinajstić information content (AvgIpc) is 2.16. The molecule has 0 aromatic heterocycles. The SMILES string of the molecule is CCC1CCN(S(=O)(=O)CC(=O)O)CC1. The van der Waals surface area contributed by atoms with Crippen LogP contribution in [0, 0.1) is 5.92 Å². The summed E-state index contributed by atoms with van der Waals surface area (Å²) in [5.74, 6) is -1.49. The van der Waals surface area contributed by atoms with Crippen LogP contribution in [0.2, 0.25) is 0 Å². The maximum absolute atomic E-state index is 11.5. The zero-order valence-electron chi connectivity index (χ0n) is 8.85. The summed E-state index contributed by atoms with van der Waals surface area (Å²) >= 11 is 0. The molecule has 0 saturated carbocycles. The molecule has 1 heterocycles. The Morgan fingerprint density at radius 3 is 2.33 bits per heavy atom. The van der Waals surface area contributed by atoms with Crippen molar-refractivity contribution in [2.75, 3.05) is 18.8 Å². The number of hydrogen-bond acceptors (Lipinski definition) is 3. The topological polar surface area (TPSA) is 74.7 Å². The average molecular weight is 235 g/mol. The molecule has 0 bridgehead atoms. The second-order valence-electron chi connectivity index (χ2n) is 3.90. The van der Waals surface area contributed by atoms with Gasteiger partial charge in [0.1, 0.15) is 0 Å². The third kappa shape index (κ3) is 3.46. The van der Waals surface area contributed by atoms with Crippen LogP contribution >= 0.6 is 0 Å². The fraction of sp³-hybridized carbons (Fsp3) is 0.889. The van der Waals surface area contributed by atoms with E-state index in [1.54, 1.807) is 0 Å². The monoisotopic (exact) mass is 235 g/mol. The number of piperidine rings is 1. The van der Waals surface area contributed by atoms with Crippen LogP contribution in [0.5, 0.6) is 0 Å². The molecule has 0 spiro atoms. The van der Waals surface area contributed by atoms with E-state index in [2.05, 4.69) is 6.92 Å². The smallest absolute Gasteiger partial charge is 0.320 e. The number of nitrogens with zero attached hydrogens (tertiary/aromatic N) is 1. The van der Waals surface area contributed by atoms with Crippen LogP contribution < -0.4 is 0 Å². The molecule has 1 fully saturated rings. The largest absolute Gasteiger partial charge is 0.480 e. The van der Waals surface area contributed by atoms with Crippen molar-refractivity contribution in [3.63, 3.8) is 0 Å². The quantitative estimate of drug-likeness (QED) is 0.771. The van der Waals surface area contributed by atoms with Crippen LogP contribution in [0.15, 0.2) is 0 Å². The lowest BCUT2D eigenvalue weighted by atomic mass is 9.96. The molecule has 0 amide bonds. The van der Waals surface area contributed by atoms with Crippen LogP contribution in [0.25, 0.3) is 0 Å². The fourth-order valence-electron chi connectivity index (χ4n) is 1.84. The Labute approximate surface area is 90.1 Å². The Morgan fingerprint density at radius 1 is 1.40 bits per heavy atom. The summed E-state index contributed by atoms with van der Waals surface area (Å²) < 4.78 is 24.4. The van der Waals surface area contributed by atoms with Gasteiger partial charge in [-0.25, -0.2) is 12.7 Å². The van der Waals surface area contributed by atoms with Gasteiger partial charge >= 0.3 is 5.97 Å². The van der Waals surface area contributed by atoms with Gasteiger partial charge in [0, 0.05) is 13.1 Å². The summed E-state index contributed by atoms with van der Waals surface area (Å²) in [6.07, 6.45) is 2.75. The summed E-state index contributed by atoms with van der Waals surface area (Å²) in [6.45, 7) is 3.02. The first-order valence-corrected chi connectivity index (χ1v) is 6.76. The fourth-order valence-corrected chi connectivity index (χ4v) is 3.10. The summed E-state index contributed by atoms with van der Waals surface area (Å²) in [6, 6.07) is 0. The molecule has 0 aromatic rings. The summed E-state index contributed by atoms with van der Waals surface area (Å²) in [5.41, 5.74) is 0. The lowest BCUT2D eigenvalue weighted by Gasteiger charge is -2.30. The summed E-state index contributed by atoms with van der Waals surface area (Å²) in [7, 11) is -3.58. The lowest BCUT2D eigenvalue weighted by Crippen LogP contribution is -2.41. The Morgan fingerprint density at radius 2 is 1.93 bits per heavy atom. The van der Waals surface area contributed by atoms with Crippen molar-refractivity contribution in [3.05, 3.63) is 0 Å². The second-order valence-corrected chi connectivity index (χ2v) is 5.87. The molecule has 6 heteroatoms. The van der Waals surface area contributed by atoms with Gasteiger partial charge in [0.15, 0.2) is 5.75 Å². The number of hydrogen-bond donors (Lipinski definition) is 1. The second kappa shape index (κ2) is 4.94. The Hall–Kier alpha value is -0.620. The van der Waals surface area contributed by atoms with Crippen molar-refractivity contribution in [2.24, 2.45) is 5.92 Å². The van der Waals surface area contributed by atoms with E-state index in [9.17, 15) is 13.2 Å². The highest BCUT2D eigenvalue weighted by atomic mass is 32.2. The van der Waals surface area contributed by atoms with Crippen molar-refractivity contribution in [1.82, 2.24) is 4.31 Å². The van der Waals surface area contributed by atoms with Crippen molar-refractivity contribution < 1.29 is 18.3 Å². The highest BCUT2D eigenvalue weighted by molar-refractivity contribution is 7.89. The lowest BCUT2D eigenvalue weighted by molar-refractivity contribution is -0.134. The van der Waals surface area contributed by atoms with Crippen LogP contribution in [0.4, 0.5) is 0 Å². The molecule has 5 nitrogen and oxygen atoms in total. The number of aliphatic carboxylic acids is 1. The Kier molecular flexibility index (Phi) is 4.10. The number of carboxylic acid groups (broad SMARTS) is 1. The van der Waals surface area contributed by atoms with E-state index in [1.807, 2.05) is 0 Å². The predicted octanol–water partition coefficient (Wildman–Crippen LogP) is 0.523. The first kappa shape index (κ1) is 12.4. The zero-order chi connectivity index (χ0) is 11.5. The van der Waals surface area contributed by atoms with Crippen molar-refractivity contribution in [3.8, 4) is 0 Å². The number of sulfonamides is 1.